The third-order valence-electron chi connectivity index (χ3n) is 12.1. The molecule has 3 aromatic rings. The van der Waals surface area contributed by atoms with E-state index in [2.05, 4.69) is 30.9 Å². The molecule has 3 aromatic carbocycles. The van der Waals surface area contributed by atoms with Crippen molar-refractivity contribution in [2.24, 2.45) is 22.9 Å². The number of amides is 1. The Morgan fingerprint density at radius 2 is 1.70 bits per heavy atom. The number of hydrogen-bond donors (Lipinski definition) is 2. The number of unbranched alkanes of at least 4 members (excludes halogenated alkanes) is 2. The predicted octanol–water partition coefficient (Wildman–Crippen LogP) is 10.4. The molecule has 1 heterocycles. The third kappa shape index (κ3) is 12.7. The van der Waals surface area contributed by atoms with Crippen molar-refractivity contribution in [1.82, 2.24) is 4.90 Å². The smallest absolute Gasteiger partial charge is 0.410 e. The molecule has 11 nitrogen and oxygen atoms in total. The summed E-state index contributed by atoms with van der Waals surface area (Å²) in [6.45, 7) is 14.0. The lowest BCUT2D eigenvalue weighted by Crippen LogP contribution is -2.70. The minimum atomic E-state index is -1.38. The van der Waals surface area contributed by atoms with Crippen LogP contribution in [0.1, 0.15) is 96.1 Å². The van der Waals surface area contributed by atoms with Gasteiger partial charge in [-0.15, -0.1) is 18.3 Å². The Morgan fingerprint density at radius 1 is 0.969 bits per heavy atom. The van der Waals surface area contributed by atoms with Gasteiger partial charge in [0.05, 0.1) is 38.1 Å². The van der Waals surface area contributed by atoms with Crippen molar-refractivity contribution in [2.45, 2.75) is 114 Å². The van der Waals surface area contributed by atoms with Crippen LogP contribution in [-0.2, 0) is 25.7 Å². The summed E-state index contributed by atoms with van der Waals surface area (Å²) in [6.07, 6.45) is 9.29. The van der Waals surface area contributed by atoms with Crippen molar-refractivity contribution in [2.75, 3.05) is 51.9 Å². The number of fused-ring (bicyclic) bond motifs is 2. The highest BCUT2D eigenvalue weighted by atomic mass is 32.2. The second-order valence-electron chi connectivity index (χ2n) is 17.8. The first-order valence-corrected chi connectivity index (χ1v) is 24.2. The van der Waals surface area contributed by atoms with E-state index in [0.717, 1.165) is 59.6 Å². The van der Waals surface area contributed by atoms with E-state index in [4.69, 9.17) is 33.7 Å². The molecule has 6 unspecified atom stereocenters. The Morgan fingerprint density at radius 3 is 2.41 bits per heavy atom. The summed E-state index contributed by atoms with van der Waals surface area (Å²) in [7, 11) is 0. The van der Waals surface area contributed by atoms with Crippen molar-refractivity contribution in [3.8, 4) is 11.5 Å². The average Bonchev–Trinajstić information content (AvgIpc) is 3.29. The van der Waals surface area contributed by atoms with Gasteiger partial charge in [-0.1, -0.05) is 85.6 Å². The van der Waals surface area contributed by atoms with Crippen LogP contribution < -0.4 is 9.47 Å². The number of thioether (sulfide) groups is 1. The number of hydrogen-bond acceptors (Lipinski definition) is 11. The first-order chi connectivity index (χ1) is 31.1. The van der Waals surface area contributed by atoms with Crippen molar-refractivity contribution >= 4 is 23.6 Å². The SMILES string of the molecule is C=CCOC12Oc3ccc(OCCSc4ccccc4)cc3C3C(CCCCO)C(CCCCO)C=C(C(=NOC(C)(C)C)CC1N(CCC)C(=O)OCCOCc1ccccc1)C32. The highest BCUT2D eigenvalue weighted by Crippen LogP contribution is 2.62. The van der Waals surface area contributed by atoms with Crippen LogP contribution in [0.3, 0.4) is 0 Å². The molecule has 6 rings (SSSR count). The van der Waals surface area contributed by atoms with Crippen LogP contribution in [-0.4, -0.2) is 96.3 Å². The summed E-state index contributed by atoms with van der Waals surface area (Å²) in [4.78, 5) is 23.8. The first kappa shape index (κ1) is 49.1. The van der Waals surface area contributed by atoms with Gasteiger partial charge in [0, 0.05) is 48.3 Å². The molecule has 0 radical (unpaired) electrons. The fourth-order valence-corrected chi connectivity index (χ4v) is 10.2. The Balaban J connectivity index is 1.44. The van der Waals surface area contributed by atoms with Crippen LogP contribution in [0.2, 0.25) is 0 Å². The van der Waals surface area contributed by atoms with Gasteiger partial charge in [-0.3, -0.25) is 4.90 Å². The molecule has 2 aliphatic carbocycles. The number of oxime groups is 1. The summed E-state index contributed by atoms with van der Waals surface area (Å²) in [5.74, 6) is 0.436. The number of benzene rings is 3. The van der Waals surface area contributed by atoms with Crippen LogP contribution >= 0.6 is 11.8 Å². The second kappa shape index (κ2) is 24.3. The van der Waals surface area contributed by atoms with Crippen molar-refractivity contribution in [3.05, 3.63) is 114 Å². The van der Waals surface area contributed by atoms with E-state index in [-0.39, 0.29) is 57.2 Å². The lowest BCUT2D eigenvalue weighted by Gasteiger charge is -2.60. The number of aliphatic hydroxyl groups excluding tert-OH is 2. The molecule has 6 atom stereocenters. The Labute approximate surface area is 385 Å². The Bertz CT molecular complexity index is 1970. The van der Waals surface area contributed by atoms with Crippen molar-refractivity contribution in [3.63, 3.8) is 0 Å². The lowest BCUT2D eigenvalue weighted by atomic mass is 9.55. The van der Waals surface area contributed by atoms with Gasteiger partial charge in [0.25, 0.3) is 0 Å². The maximum Gasteiger partial charge on any atom is 0.410 e. The number of aliphatic hydroxyl groups is 2. The normalized spacial score (nSPS) is 23.0. The van der Waals surface area contributed by atoms with E-state index in [1.54, 1.807) is 22.7 Å². The maximum absolute atomic E-state index is 14.5. The van der Waals surface area contributed by atoms with Gasteiger partial charge in [-0.2, -0.15) is 0 Å². The second-order valence-corrected chi connectivity index (χ2v) is 19.0. The lowest BCUT2D eigenvalue weighted by molar-refractivity contribution is -0.255. The molecular formula is C52H70N2O9S. The Hall–Kier alpha value is -4.33. The van der Waals surface area contributed by atoms with Gasteiger partial charge >= 0.3 is 6.09 Å². The first-order valence-electron chi connectivity index (χ1n) is 23.2. The zero-order chi connectivity index (χ0) is 45.4. The van der Waals surface area contributed by atoms with E-state index in [0.29, 0.717) is 44.8 Å². The zero-order valence-electron chi connectivity index (χ0n) is 38.3. The maximum atomic E-state index is 14.5. The molecule has 0 spiro atoms. The predicted molar refractivity (Wildman–Crippen MR) is 253 cm³/mol. The zero-order valence-corrected chi connectivity index (χ0v) is 39.1. The van der Waals surface area contributed by atoms with E-state index in [1.165, 1.54) is 4.90 Å². The number of allylic oxidation sites excluding steroid dienone is 1. The minimum absolute atomic E-state index is 0.0726. The van der Waals surface area contributed by atoms with Crippen LogP contribution in [0.4, 0.5) is 4.79 Å². The molecule has 1 fully saturated rings. The number of rotatable bonds is 25. The summed E-state index contributed by atoms with van der Waals surface area (Å²) in [6, 6.07) is 25.6. The fourth-order valence-electron chi connectivity index (χ4n) is 9.42. The molecule has 1 aliphatic heterocycles. The highest BCUT2D eigenvalue weighted by molar-refractivity contribution is 7.99. The molecule has 1 saturated carbocycles. The molecule has 0 saturated heterocycles. The van der Waals surface area contributed by atoms with E-state index >= 15 is 0 Å². The van der Waals surface area contributed by atoms with E-state index in [1.807, 2.05) is 88.4 Å². The van der Waals surface area contributed by atoms with E-state index in [9.17, 15) is 15.0 Å². The standard InChI is InChI=1S/C52H70N2O9S/c1-6-26-54(50(57)60-31-30-58-37-38-18-10-8-11-19-38)47-36-45(53-63-51(3,4)5)43-34-39(20-14-16-27-55)42(23-15-17-28-56)48-44-35-40(59-32-33-64-41-21-12-9-13-22-41)24-25-46(44)62-52(47,49(43)48)61-29-7-2/h7-13,18-19,21-22,24-25,34-35,39,42,47-49,55-56H,2,6,14-17,20,23,26-33,36-37H2,1,3-5H3. The summed E-state index contributed by atoms with van der Waals surface area (Å²) < 4.78 is 32.9. The quantitative estimate of drug-likeness (QED) is 0.0367. The molecule has 1 amide bonds. The molecule has 12 heteroatoms. The monoisotopic (exact) mass is 898 g/mol. The summed E-state index contributed by atoms with van der Waals surface area (Å²) in [5.41, 5.74) is 3.20. The molecule has 2 N–H and O–H groups in total. The van der Waals surface area contributed by atoms with Crippen LogP contribution in [0.5, 0.6) is 11.5 Å². The van der Waals surface area contributed by atoms with E-state index < -0.39 is 29.4 Å². The van der Waals surface area contributed by atoms with Crippen LogP contribution in [0.15, 0.2) is 113 Å². The van der Waals surface area contributed by atoms with Crippen molar-refractivity contribution in [1.29, 1.82) is 0 Å². The molecule has 0 aromatic heterocycles. The third-order valence-corrected chi connectivity index (χ3v) is 13.1. The minimum Gasteiger partial charge on any atom is -0.493 e. The molecule has 0 bridgehead atoms. The molecular weight excluding hydrogens is 829 g/mol. The number of ether oxygens (including phenoxy) is 5. The van der Waals surface area contributed by atoms with Gasteiger partial charge in [-0.05, 0) is 106 Å². The topological polar surface area (TPSA) is 129 Å². The van der Waals surface area contributed by atoms with Gasteiger partial charge in [0.2, 0.25) is 5.79 Å². The van der Waals surface area contributed by atoms with Crippen molar-refractivity contribution < 1.29 is 43.5 Å². The van der Waals surface area contributed by atoms with Gasteiger partial charge in [0.15, 0.2) is 0 Å². The summed E-state index contributed by atoms with van der Waals surface area (Å²) >= 11 is 1.75. The van der Waals surface area contributed by atoms with Crippen LogP contribution in [0.25, 0.3) is 0 Å². The highest BCUT2D eigenvalue weighted by Gasteiger charge is 2.65. The number of nitrogens with zero attached hydrogens (tertiary/aromatic N) is 2. The average molecular weight is 899 g/mol. The molecule has 3 aliphatic rings. The van der Waals surface area contributed by atoms with Gasteiger partial charge in [-0.25, -0.2) is 4.79 Å². The van der Waals surface area contributed by atoms with Crippen LogP contribution in [0, 0.1) is 17.8 Å². The summed E-state index contributed by atoms with van der Waals surface area (Å²) in [5, 5.41) is 24.9. The van der Waals surface area contributed by atoms with Gasteiger partial charge < -0.3 is 38.7 Å². The number of carbonyl (C=O) groups is 1. The fraction of sp³-hybridized carbons (Fsp3) is 0.538. The molecule has 64 heavy (non-hydrogen) atoms. The van der Waals surface area contributed by atoms with Gasteiger partial charge in [0.1, 0.15) is 29.7 Å². The Kier molecular flexibility index (Phi) is 18.6. The molecule has 348 valence electrons. The largest absolute Gasteiger partial charge is 0.493 e. The number of carbonyl (C=O) groups excluding carboxylic acids is 1.